The van der Waals surface area contributed by atoms with Gasteiger partial charge in [0.1, 0.15) is 0 Å². The molecule has 0 amide bonds. The fraction of sp³-hybridized carbons (Fsp3) is 0.500. The Bertz CT molecular complexity index is 1100. The number of hydrogen-bond donors (Lipinski definition) is 0. The second-order valence-corrected chi connectivity index (χ2v) is 11.5. The van der Waals surface area contributed by atoms with E-state index in [2.05, 4.69) is 47.6 Å². The van der Waals surface area contributed by atoms with Crippen molar-refractivity contribution >= 4 is 19.7 Å². The van der Waals surface area contributed by atoms with Crippen molar-refractivity contribution in [3.05, 3.63) is 58.7 Å². The van der Waals surface area contributed by atoms with Gasteiger partial charge in [0.05, 0.1) is 12.1 Å². The summed E-state index contributed by atoms with van der Waals surface area (Å²) in [6, 6.07) is 11.1. The van der Waals surface area contributed by atoms with Gasteiger partial charge in [0.25, 0.3) is 0 Å². The van der Waals surface area contributed by atoms with Gasteiger partial charge in [-0.05, 0) is 45.9 Å². The van der Waals surface area contributed by atoms with E-state index in [-0.39, 0.29) is 51.2 Å². The first-order valence-corrected chi connectivity index (χ1v) is 12.5. The van der Waals surface area contributed by atoms with Crippen LogP contribution in [0.4, 0.5) is 17.3 Å². The van der Waals surface area contributed by atoms with Crippen LogP contribution in [0.3, 0.4) is 0 Å². The van der Waals surface area contributed by atoms with E-state index in [1.54, 1.807) is 30.6 Å². The summed E-state index contributed by atoms with van der Waals surface area (Å²) in [5, 5.41) is 25.2. The molecule has 1 saturated carbocycles. The fourth-order valence-corrected chi connectivity index (χ4v) is 4.12. The minimum Gasteiger partial charge on any atom is -0.872 e. The molecule has 2 atom stereocenters. The smallest absolute Gasteiger partial charge is 0.872 e. The SMILES string of the molecule is CC(C)(C)c1cc(C=NC2CCCCC2N=Cc2ccccc2[O-])c([O-])c(C(C)(C)C)c1.F[B-](F)(F)F.[Co+3]. The van der Waals surface area contributed by atoms with E-state index in [1.165, 1.54) is 0 Å². The van der Waals surface area contributed by atoms with E-state index in [4.69, 9.17) is 9.98 Å². The third-order valence-electron chi connectivity index (χ3n) is 6.21. The zero-order valence-electron chi connectivity index (χ0n) is 22.7. The average Bonchev–Trinajstić information content (AvgIpc) is 2.75. The monoisotopic (exact) mass is 578 g/mol. The summed E-state index contributed by atoms with van der Waals surface area (Å²) in [6.45, 7) is 12.7. The van der Waals surface area contributed by atoms with Gasteiger partial charge in [0.2, 0.25) is 0 Å². The Hall–Kier alpha value is -2.33. The van der Waals surface area contributed by atoms with Crippen LogP contribution in [0.25, 0.3) is 0 Å². The molecule has 1 fully saturated rings. The van der Waals surface area contributed by atoms with Crippen LogP contribution < -0.4 is 10.2 Å². The van der Waals surface area contributed by atoms with E-state index >= 15 is 0 Å². The van der Waals surface area contributed by atoms with Crippen LogP contribution in [0.1, 0.15) is 89.5 Å². The largest absolute Gasteiger partial charge is 3.00 e. The van der Waals surface area contributed by atoms with Gasteiger partial charge in [-0.25, -0.2) is 0 Å². The van der Waals surface area contributed by atoms with Gasteiger partial charge in [0, 0.05) is 12.4 Å². The van der Waals surface area contributed by atoms with Crippen molar-refractivity contribution in [2.24, 2.45) is 9.98 Å². The summed E-state index contributed by atoms with van der Waals surface area (Å²) in [5.74, 6) is 0.0437. The number of benzene rings is 2. The standard InChI is InChI=1S/C28H38N2O2.BF4.Co/c1-27(2,3)21-15-20(26(32)22(16-21)28(4,5)6)18-30-24-13-9-8-12-23(24)29-17-19-11-7-10-14-25(19)31;2-1(3,4)5;/h7,10-11,14-18,23-24,31-32H,8-9,12-13H2,1-6H3;;/q;-1;+3/p-2. The van der Waals surface area contributed by atoms with E-state index < -0.39 is 7.25 Å². The predicted molar refractivity (Wildman–Crippen MR) is 141 cm³/mol. The molecule has 2 aromatic carbocycles. The molecule has 0 aliphatic heterocycles. The summed E-state index contributed by atoms with van der Waals surface area (Å²) in [7, 11) is -6.00. The van der Waals surface area contributed by atoms with Crippen molar-refractivity contribution in [2.75, 3.05) is 0 Å². The molecule has 0 aromatic heterocycles. The Morgan fingerprint density at radius 3 is 1.71 bits per heavy atom. The molecule has 210 valence electrons. The molecule has 2 aromatic rings. The second-order valence-electron chi connectivity index (χ2n) is 11.5. The summed E-state index contributed by atoms with van der Waals surface area (Å²) >= 11 is 0. The van der Waals surface area contributed by atoms with Gasteiger partial charge >= 0.3 is 24.0 Å². The second kappa shape index (κ2) is 13.6. The van der Waals surface area contributed by atoms with Crippen molar-refractivity contribution in [3.63, 3.8) is 0 Å². The van der Waals surface area contributed by atoms with E-state index in [0.717, 1.165) is 36.8 Å². The molecular weight excluding hydrogens is 542 g/mol. The average molecular weight is 578 g/mol. The Morgan fingerprint density at radius 1 is 0.789 bits per heavy atom. The third-order valence-corrected chi connectivity index (χ3v) is 6.21. The molecule has 0 N–H and O–H groups in total. The normalized spacial score (nSPS) is 18.7. The van der Waals surface area contributed by atoms with Gasteiger partial charge < -0.3 is 27.5 Å². The quantitative estimate of drug-likeness (QED) is 0.234. The van der Waals surface area contributed by atoms with Crippen LogP contribution >= 0.6 is 0 Å². The number of aliphatic imine (C=N–C) groups is 2. The molecule has 1 aliphatic rings. The minimum atomic E-state index is -6.00. The zero-order chi connectivity index (χ0) is 28.0. The van der Waals surface area contributed by atoms with Crippen molar-refractivity contribution < 1.29 is 44.3 Å². The summed E-state index contributed by atoms with van der Waals surface area (Å²) in [6.07, 6.45) is 7.56. The molecule has 3 rings (SSSR count). The first kappa shape index (κ1) is 33.7. The molecule has 2 unspecified atom stereocenters. The minimum absolute atomic E-state index is 0. The molecule has 0 spiro atoms. The molecule has 0 saturated heterocycles. The Balaban J connectivity index is 0.00000110. The van der Waals surface area contributed by atoms with Gasteiger partial charge in [-0.1, -0.05) is 96.5 Å². The Labute approximate surface area is 234 Å². The van der Waals surface area contributed by atoms with Crippen LogP contribution in [0.5, 0.6) is 11.5 Å². The number of para-hydroxylation sites is 1. The van der Waals surface area contributed by atoms with Gasteiger partial charge in [-0.2, -0.15) is 0 Å². The maximum Gasteiger partial charge on any atom is 3.00 e. The maximum atomic E-state index is 13.2. The van der Waals surface area contributed by atoms with Crippen LogP contribution in [0.2, 0.25) is 0 Å². The number of hydrogen-bond acceptors (Lipinski definition) is 4. The maximum absolute atomic E-state index is 13.2. The van der Waals surface area contributed by atoms with Crippen molar-refractivity contribution in [1.29, 1.82) is 0 Å². The van der Waals surface area contributed by atoms with E-state index in [9.17, 15) is 27.5 Å². The molecule has 0 radical (unpaired) electrons. The summed E-state index contributed by atoms with van der Waals surface area (Å²) in [4.78, 5) is 9.59. The number of nitrogens with zero attached hydrogens (tertiary/aromatic N) is 2. The molecule has 0 heterocycles. The van der Waals surface area contributed by atoms with Crippen LogP contribution in [0.15, 0.2) is 46.4 Å². The van der Waals surface area contributed by atoms with Crippen LogP contribution in [0, 0.1) is 0 Å². The molecule has 4 nitrogen and oxygen atoms in total. The topological polar surface area (TPSA) is 70.8 Å². The first-order chi connectivity index (χ1) is 17.0. The molecular formula is C28H36BCoF4N2O2. The predicted octanol–water partition coefficient (Wildman–Crippen LogP) is 6.58. The van der Waals surface area contributed by atoms with Gasteiger partial charge in [-0.15, -0.1) is 5.75 Å². The Morgan fingerprint density at radius 2 is 1.26 bits per heavy atom. The fourth-order valence-electron chi connectivity index (χ4n) is 4.12. The zero-order valence-corrected chi connectivity index (χ0v) is 23.8. The summed E-state index contributed by atoms with van der Waals surface area (Å²) in [5.41, 5.74) is 2.95. The van der Waals surface area contributed by atoms with E-state index in [1.807, 2.05) is 12.1 Å². The Kier molecular flexibility index (Phi) is 12.1. The van der Waals surface area contributed by atoms with Crippen molar-refractivity contribution in [2.45, 2.75) is 90.1 Å². The van der Waals surface area contributed by atoms with Crippen molar-refractivity contribution in [1.82, 2.24) is 0 Å². The van der Waals surface area contributed by atoms with Crippen LogP contribution in [-0.2, 0) is 27.6 Å². The third kappa shape index (κ3) is 10.8. The molecule has 0 bridgehead atoms. The van der Waals surface area contributed by atoms with Gasteiger partial charge in [-0.3, -0.25) is 9.98 Å². The molecule has 10 heteroatoms. The van der Waals surface area contributed by atoms with Crippen LogP contribution in [-0.4, -0.2) is 31.8 Å². The number of halogens is 4. The van der Waals surface area contributed by atoms with Crippen molar-refractivity contribution in [3.8, 4) is 11.5 Å². The molecule has 1 aliphatic carbocycles. The summed E-state index contributed by atoms with van der Waals surface area (Å²) < 4.78 is 39.0. The first-order valence-electron chi connectivity index (χ1n) is 12.5. The van der Waals surface area contributed by atoms with E-state index in [0.29, 0.717) is 11.1 Å². The molecule has 38 heavy (non-hydrogen) atoms. The van der Waals surface area contributed by atoms with Gasteiger partial charge in [0.15, 0.2) is 0 Å². The number of rotatable bonds is 4.